The number of hydrogen-bond donors (Lipinski definition) is 2. The number of carboxylic acids is 1. The van der Waals surface area contributed by atoms with Gasteiger partial charge in [-0.15, -0.1) is 11.8 Å². The van der Waals surface area contributed by atoms with Crippen molar-refractivity contribution >= 4 is 23.6 Å². The van der Waals surface area contributed by atoms with Crippen molar-refractivity contribution in [3.05, 3.63) is 17.1 Å². The number of aromatic nitrogens is 2. The topological polar surface area (TPSA) is 92.2 Å². The summed E-state index contributed by atoms with van der Waals surface area (Å²) in [5, 5.41) is 12.3. The van der Waals surface area contributed by atoms with E-state index in [1.807, 2.05) is 20.1 Å². The van der Waals surface area contributed by atoms with Gasteiger partial charge in [0.25, 0.3) is 5.91 Å². The molecule has 0 aliphatic carbocycles. The highest BCUT2D eigenvalue weighted by Gasteiger charge is 2.25. The van der Waals surface area contributed by atoms with E-state index in [4.69, 9.17) is 0 Å². The lowest BCUT2D eigenvalue weighted by atomic mass is 10.0. The lowest BCUT2D eigenvalue weighted by Crippen LogP contribution is -2.42. The molecular weight excluding hydrogens is 290 g/mol. The molecule has 1 heterocycles. The molecule has 1 atom stereocenters. The summed E-state index contributed by atoms with van der Waals surface area (Å²) in [5.41, 5.74) is 0.904. The van der Waals surface area contributed by atoms with Crippen LogP contribution in [0.5, 0.6) is 0 Å². The molecule has 0 aromatic carbocycles. The summed E-state index contributed by atoms with van der Waals surface area (Å²) < 4.78 is 0. The molecule has 6 nitrogen and oxygen atoms in total. The average molecular weight is 311 g/mol. The average Bonchev–Trinajstić information content (AvgIpc) is 2.35. The number of hydrogen-bond acceptors (Lipinski definition) is 5. The first-order valence-corrected chi connectivity index (χ1v) is 7.91. The Morgan fingerprint density at radius 1 is 1.29 bits per heavy atom. The zero-order chi connectivity index (χ0) is 16.2. The molecule has 7 heteroatoms. The Morgan fingerprint density at radius 2 is 1.90 bits per heavy atom. The van der Waals surface area contributed by atoms with E-state index >= 15 is 0 Å². The van der Waals surface area contributed by atoms with E-state index in [1.165, 1.54) is 11.8 Å². The normalized spacial score (nSPS) is 12.3. The van der Waals surface area contributed by atoms with Crippen LogP contribution in [0.15, 0.2) is 5.03 Å². The van der Waals surface area contributed by atoms with Gasteiger partial charge in [0, 0.05) is 0 Å². The number of aryl methyl sites for hydroxylation is 2. The minimum atomic E-state index is -1.03. The molecule has 0 fully saturated rings. The van der Waals surface area contributed by atoms with Gasteiger partial charge in [-0.2, -0.15) is 0 Å². The number of aliphatic carboxylic acids is 1. The molecular formula is C14H21N3O3S. The fourth-order valence-corrected chi connectivity index (χ4v) is 2.68. The highest BCUT2D eigenvalue weighted by atomic mass is 32.2. The van der Waals surface area contributed by atoms with Gasteiger partial charge < -0.3 is 10.4 Å². The minimum Gasteiger partial charge on any atom is -0.480 e. The van der Waals surface area contributed by atoms with Crippen LogP contribution in [0.1, 0.15) is 42.1 Å². The first-order valence-electron chi connectivity index (χ1n) is 6.69. The van der Waals surface area contributed by atoms with Gasteiger partial charge in [0.1, 0.15) is 16.9 Å². The van der Waals surface area contributed by atoms with Crippen LogP contribution in [0.4, 0.5) is 0 Å². The van der Waals surface area contributed by atoms with E-state index in [2.05, 4.69) is 15.3 Å². The number of nitrogens with one attached hydrogen (secondary N) is 1. The van der Waals surface area contributed by atoms with Crippen LogP contribution in [-0.2, 0) is 4.79 Å². The Morgan fingerprint density at radius 3 is 2.38 bits per heavy atom. The molecule has 1 aromatic heterocycles. The number of rotatable bonds is 6. The van der Waals surface area contributed by atoms with Crippen molar-refractivity contribution in [2.24, 2.45) is 5.92 Å². The number of carbonyl (C=O) groups is 2. The fraction of sp³-hybridized carbons (Fsp3) is 0.571. The van der Waals surface area contributed by atoms with Crippen LogP contribution in [0.2, 0.25) is 0 Å². The first kappa shape index (κ1) is 17.4. The summed E-state index contributed by atoms with van der Waals surface area (Å²) >= 11 is 1.34. The van der Waals surface area contributed by atoms with Gasteiger partial charge in [-0.05, 0) is 32.4 Å². The molecule has 0 spiro atoms. The second-order valence-electron chi connectivity index (χ2n) is 5.23. The molecule has 0 saturated heterocycles. The zero-order valence-corrected chi connectivity index (χ0v) is 13.7. The van der Waals surface area contributed by atoms with E-state index in [9.17, 15) is 14.7 Å². The standard InChI is InChI=1S/C14H21N3O3S/c1-7(2)6-10(14(19)20)17-12(18)11-8(3)15-9(4)16-13(11)21-5/h7,10H,6H2,1-5H3,(H,17,18)(H,19,20)/t10-/m1/s1. The first-order chi connectivity index (χ1) is 9.76. The van der Waals surface area contributed by atoms with Crippen LogP contribution < -0.4 is 5.32 Å². The fourth-order valence-electron chi connectivity index (χ4n) is 2.01. The summed E-state index contributed by atoms with van der Waals surface area (Å²) in [6, 6.07) is -0.909. The lowest BCUT2D eigenvalue weighted by Gasteiger charge is -2.18. The van der Waals surface area contributed by atoms with Crippen LogP contribution in [0.25, 0.3) is 0 Å². The SMILES string of the molecule is CSc1nc(C)nc(C)c1C(=O)N[C@H](CC(C)C)C(=O)O. The highest BCUT2D eigenvalue weighted by molar-refractivity contribution is 7.98. The minimum absolute atomic E-state index is 0.168. The predicted molar refractivity (Wildman–Crippen MR) is 81.6 cm³/mol. The summed E-state index contributed by atoms with van der Waals surface area (Å²) in [6.45, 7) is 7.31. The summed E-state index contributed by atoms with van der Waals surface area (Å²) in [4.78, 5) is 32.0. The molecule has 0 aliphatic rings. The molecule has 21 heavy (non-hydrogen) atoms. The van der Waals surface area contributed by atoms with Crippen molar-refractivity contribution in [1.82, 2.24) is 15.3 Å². The van der Waals surface area contributed by atoms with E-state index in [-0.39, 0.29) is 5.92 Å². The smallest absolute Gasteiger partial charge is 0.326 e. The molecule has 0 unspecified atom stereocenters. The van der Waals surface area contributed by atoms with Crippen molar-refractivity contribution in [3.63, 3.8) is 0 Å². The number of thioether (sulfide) groups is 1. The van der Waals surface area contributed by atoms with Gasteiger partial charge in [0.2, 0.25) is 0 Å². The Balaban J connectivity index is 3.05. The number of amides is 1. The van der Waals surface area contributed by atoms with Gasteiger partial charge >= 0.3 is 5.97 Å². The summed E-state index contributed by atoms with van der Waals surface area (Å²) in [7, 11) is 0. The molecule has 1 amide bonds. The van der Waals surface area contributed by atoms with Crippen molar-refractivity contribution < 1.29 is 14.7 Å². The predicted octanol–water partition coefficient (Wildman–Crippen LogP) is 2.04. The second-order valence-corrected chi connectivity index (χ2v) is 6.03. The maximum absolute atomic E-state index is 12.4. The molecule has 0 saturated carbocycles. The van der Waals surface area contributed by atoms with Gasteiger partial charge in [-0.25, -0.2) is 14.8 Å². The molecule has 0 radical (unpaired) electrons. The molecule has 116 valence electrons. The van der Waals surface area contributed by atoms with E-state index in [0.29, 0.717) is 28.5 Å². The Hall–Kier alpha value is -1.63. The second kappa shape index (κ2) is 7.40. The van der Waals surface area contributed by atoms with Crippen LogP contribution in [0.3, 0.4) is 0 Å². The summed E-state index contributed by atoms with van der Waals surface area (Å²) in [5.74, 6) is -0.717. The van der Waals surface area contributed by atoms with Crippen molar-refractivity contribution in [2.75, 3.05) is 6.26 Å². The van der Waals surface area contributed by atoms with E-state index in [0.717, 1.165) is 0 Å². The highest BCUT2D eigenvalue weighted by Crippen LogP contribution is 2.20. The van der Waals surface area contributed by atoms with E-state index in [1.54, 1.807) is 13.8 Å². The van der Waals surface area contributed by atoms with Crippen LogP contribution >= 0.6 is 11.8 Å². The van der Waals surface area contributed by atoms with Gasteiger partial charge in [0.15, 0.2) is 0 Å². The maximum atomic E-state index is 12.4. The lowest BCUT2D eigenvalue weighted by molar-refractivity contribution is -0.139. The van der Waals surface area contributed by atoms with Crippen molar-refractivity contribution in [3.8, 4) is 0 Å². The van der Waals surface area contributed by atoms with E-state index < -0.39 is 17.9 Å². The maximum Gasteiger partial charge on any atom is 0.326 e. The van der Waals surface area contributed by atoms with Gasteiger partial charge in [0.05, 0.1) is 11.3 Å². The molecule has 0 bridgehead atoms. The third-order valence-corrected chi connectivity index (χ3v) is 3.58. The zero-order valence-electron chi connectivity index (χ0n) is 12.9. The summed E-state index contributed by atoms with van der Waals surface area (Å²) in [6.07, 6.45) is 2.20. The van der Waals surface area contributed by atoms with Gasteiger partial charge in [-0.3, -0.25) is 4.79 Å². The molecule has 1 aromatic rings. The van der Waals surface area contributed by atoms with Crippen molar-refractivity contribution in [2.45, 2.75) is 45.2 Å². The van der Waals surface area contributed by atoms with Crippen molar-refractivity contribution in [1.29, 1.82) is 0 Å². The molecule has 0 aliphatic heterocycles. The number of nitrogens with zero attached hydrogens (tertiary/aromatic N) is 2. The Kier molecular flexibility index (Phi) is 6.14. The van der Waals surface area contributed by atoms with Gasteiger partial charge in [-0.1, -0.05) is 13.8 Å². The van der Waals surface area contributed by atoms with Crippen LogP contribution in [-0.4, -0.2) is 39.2 Å². The Labute approximate surface area is 128 Å². The third-order valence-electron chi connectivity index (χ3n) is 2.90. The number of carbonyl (C=O) groups excluding carboxylic acids is 1. The quantitative estimate of drug-likeness (QED) is 0.617. The largest absolute Gasteiger partial charge is 0.480 e. The number of carboxylic acid groups (broad SMARTS) is 1. The van der Waals surface area contributed by atoms with Crippen LogP contribution in [0, 0.1) is 19.8 Å². The monoisotopic (exact) mass is 311 g/mol. The molecule has 2 N–H and O–H groups in total. The Bertz CT molecular complexity index is 547. The molecule has 1 rings (SSSR count). The third kappa shape index (κ3) is 4.70.